The molecule has 1 saturated heterocycles. The molecular weight excluding hydrogens is 334 g/mol. The van der Waals surface area contributed by atoms with Gasteiger partial charge < -0.3 is 15.1 Å². The third-order valence-electron chi connectivity index (χ3n) is 4.67. The third-order valence-corrected chi connectivity index (χ3v) is 4.91. The van der Waals surface area contributed by atoms with Gasteiger partial charge >= 0.3 is 0 Å². The van der Waals surface area contributed by atoms with E-state index in [0.717, 1.165) is 56.8 Å². The lowest BCUT2D eigenvalue weighted by Gasteiger charge is -2.36. The molecule has 0 spiro atoms. The number of guanidine groups is 1. The van der Waals surface area contributed by atoms with Crippen molar-refractivity contribution in [3.63, 3.8) is 0 Å². The first kappa shape index (κ1) is 20.0. The maximum absolute atomic E-state index is 6.09. The third kappa shape index (κ3) is 6.49. The Balaban J connectivity index is 1.94. The lowest BCUT2D eigenvalue weighted by atomic mass is 10.2. The number of hydrogen-bond donors (Lipinski definition) is 1. The summed E-state index contributed by atoms with van der Waals surface area (Å²) >= 11 is 6.09. The predicted molar refractivity (Wildman–Crippen MR) is 107 cm³/mol. The van der Waals surface area contributed by atoms with Gasteiger partial charge in [-0.1, -0.05) is 23.7 Å². The van der Waals surface area contributed by atoms with Gasteiger partial charge in [0.1, 0.15) is 0 Å². The van der Waals surface area contributed by atoms with E-state index >= 15 is 0 Å². The van der Waals surface area contributed by atoms with Gasteiger partial charge in [0.15, 0.2) is 5.96 Å². The standard InChI is InChI=1S/C19H32ClN5/c1-5-21-19(24(4)15-17-7-6-8-18(20)13-17)22-14-16(2)25-11-9-23(3)10-12-25/h6-8,13,16H,5,9-12,14-15H2,1-4H3,(H,21,22). The van der Waals surface area contributed by atoms with Crippen molar-refractivity contribution >= 4 is 17.6 Å². The number of nitrogens with zero attached hydrogens (tertiary/aromatic N) is 4. The molecule has 0 aliphatic carbocycles. The van der Waals surface area contributed by atoms with Crippen LogP contribution in [0.4, 0.5) is 0 Å². The van der Waals surface area contributed by atoms with Crippen LogP contribution in [-0.2, 0) is 6.54 Å². The Morgan fingerprint density at radius 2 is 2.04 bits per heavy atom. The van der Waals surface area contributed by atoms with Gasteiger partial charge in [0, 0.05) is 57.4 Å². The second-order valence-electron chi connectivity index (χ2n) is 6.87. The molecule has 0 aromatic heterocycles. The van der Waals surface area contributed by atoms with Gasteiger partial charge in [0.2, 0.25) is 0 Å². The lowest BCUT2D eigenvalue weighted by Crippen LogP contribution is -2.49. The van der Waals surface area contributed by atoms with Crippen LogP contribution in [0.25, 0.3) is 0 Å². The molecule has 1 aliphatic rings. The van der Waals surface area contributed by atoms with Crippen molar-refractivity contribution in [2.75, 3.05) is 53.4 Å². The van der Waals surface area contributed by atoms with E-state index in [1.165, 1.54) is 5.56 Å². The summed E-state index contributed by atoms with van der Waals surface area (Å²) < 4.78 is 0. The van der Waals surface area contributed by atoms with E-state index in [-0.39, 0.29) is 0 Å². The number of nitrogens with one attached hydrogen (secondary N) is 1. The van der Waals surface area contributed by atoms with Crippen LogP contribution in [-0.4, -0.2) is 80.1 Å². The molecular formula is C19H32ClN5. The maximum Gasteiger partial charge on any atom is 0.194 e. The van der Waals surface area contributed by atoms with E-state index in [0.29, 0.717) is 6.04 Å². The average Bonchev–Trinajstić information content (AvgIpc) is 2.59. The Morgan fingerprint density at radius 3 is 2.68 bits per heavy atom. The van der Waals surface area contributed by atoms with Gasteiger partial charge in [-0.3, -0.25) is 9.89 Å². The van der Waals surface area contributed by atoms with Crippen LogP contribution in [0.15, 0.2) is 29.3 Å². The summed E-state index contributed by atoms with van der Waals surface area (Å²) in [6.45, 7) is 11.4. The van der Waals surface area contributed by atoms with Crippen molar-refractivity contribution in [2.24, 2.45) is 4.99 Å². The van der Waals surface area contributed by atoms with Crippen molar-refractivity contribution in [1.82, 2.24) is 20.0 Å². The Morgan fingerprint density at radius 1 is 1.32 bits per heavy atom. The summed E-state index contributed by atoms with van der Waals surface area (Å²) in [6, 6.07) is 8.46. The molecule has 1 aliphatic heterocycles. The topological polar surface area (TPSA) is 34.1 Å². The fourth-order valence-electron chi connectivity index (χ4n) is 3.05. The Bertz CT molecular complexity index is 555. The van der Waals surface area contributed by atoms with Crippen LogP contribution in [0.2, 0.25) is 5.02 Å². The number of rotatable bonds is 6. The van der Waals surface area contributed by atoms with E-state index < -0.39 is 0 Å². The average molecular weight is 366 g/mol. The smallest absolute Gasteiger partial charge is 0.194 e. The van der Waals surface area contributed by atoms with Crippen molar-refractivity contribution in [3.8, 4) is 0 Å². The highest BCUT2D eigenvalue weighted by atomic mass is 35.5. The van der Waals surface area contributed by atoms with Crippen LogP contribution in [0.5, 0.6) is 0 Å². The van der Waals surface area contributed by atoms with Crippen LogP contribution in [0, 0.1) is 0 Å². The summed E-state index contributed by atoms with van der Waals surface area (Å²) in [6.07, 6.45) is 0. The first-order valence-electron chi connectivity index (χ1n) is 9.16. The maximum atomic E-state index is 6.09. The zero-order valence-corrected chi connectivity index (χ0v) is 16.8. The molecule has 6 heteroatoms. The van der Waals surface area contributed by atoms with E-state index in [2.05, 4.69) is 54.0 Å². The van der Waals surface area contributed by atoms with Gasteiger partial charge in [0.25, 0.3) is 0 Å². The number of aliphatic imine (C=N–C) groups is 1. The number of hydrogen-bond acceptors (Lipinski definition) is 3. The highest BCUT2D eigenvalue weighted by molar-refractivity contribution is 6.30. The van der Waals surface area contributed by atoms with E-state index in [9.17, 15) is 0 Å². The molecule has 1 atom stereocenters. The number of benzene rings is 1. The summed E-state index contributed by atoms with van der Waals surface area (Å²) in [5.41, 5.74) is 1.19. The van der Waals surface area contributed by atoms with Gasteiger partial charge in [-0.25, -0.2) is 0 Å². The van der Waals surface area contributed by atoms with Crippen LogP contribution >= 0.6 is 11.6 Å². The van der Waals surface area contributed by atoms with E-state index in [1.54, 1.807) is 0 Å². The van der Waals surface area contributed by atoms with Crippen molar-refractivity contribution in [1.29, 1.82) is 0 Å². The van der Waals surface area contributed by atoms with Crippen molar-refractivity contribution in [3.05, 3.63) is 34.9 Å². The SMILES string of the molecule is CCNC(=NCC(C)N1CCN(C)CC1)N(C)Cc1cccc(Cl)c1. The summed E-state index contributed by atoms with van der Waals surface area (Å²) in [4.78, 5) is 11.9. The van der Waals surface area contributed by atoms with Crippen LogP contribution in [0.3, 0.4) is 0 Å². The van der Waals surface area contributed by atoms with Gasteiger partial charge in [-0.2, -0.15) is 0 Å². The van der Waals surface area contributed by atoms with Crippen LogP contribution < -0.4 is 5.32 Å². The highest BCUT2D eigenvalue weighted by Crippen LogP contribution is 2.12. The van der Waals surface area contributed by atoms with Crippen molar-refractivity contribution in [2.45, 2.75) is 26.4 Å². The normalized spacial score (nSPS) is 18.2. The van der Waals surface area contributed by atoms with E-state index in [4.69, 9.17) is 16.6 Å². The molecule has 1 aromatic carbocycles. The van der Waals surface area contributed by atoms with E-state index in [1.807, 2.05) is 18.2 Å². The van der Waals surface area contributed by atoms with Gasteiger partial charge in [-0.15, -0.1) is 0 Å². The summed E-state index contributed by atoms with van der Waals surface area (Å²) in [5, 5.41) is 4.17. The second kappa shape index (κ2) is 10.00. The minimum absolute atomic E-state index is 0.460. The first-order chi connectivity index (χ1) is 12.0. The molecule has 25 heavy (non-hydrogen) atoms. The molecule has 0 amide bonds. The molecule has 140 valence electrons. The molecule has 1 fully saturated rings. The quantitative estimate of drug-likeness (QED) is 0.620. The molecule has 0 bridgehead atoms. The molecule has 1 aromatic rings. The number of halogens is 1. The zero-order valence-electron chi connectivity index (χ0n) is 16.0. The van der Waals surface area contributed by atoms with Gasteiger partial charge in [0.05, 0.1) is 6.54 Å². The fraction of sp³-hybridized carbons (Fsp3) is 0.632. The van der Waals surface area contributed by atoms with Crippen molar-refractivity contribution < 1.29 is 0 Å². The summed E-state index contributed by atoms with van der Waals surface area (Å²) in [7, 11) is 4.26. The molecule has 0 saturated carbocycles. The minimum Gasteiger partial charge on any atom is -0.357 e. The number of likely N-dealkylation sites (N-methyl/N-ethyl adjacent to an activating group) is 1. The second-order valence-corrected chi connectivity index (χ2v) is 7.31. The molecule has 1 N–H and O–H groups in total. The highest BCUT2D eigenvalue weighted by Gasteiger charge is 2.19. The number of piperazine rings is 1. The Labute approximate surface area is 157 Å². The minimum atomic E-state index is 0.460. The van der Waals surface area contributed by atoms with Crippen LogP contribution in [0.1, 0.15) is 19.4 Å². The largest absolute Gasteiger partial charge is 0.357 e. The zero-order chi connectivity index (χ0) is 18.2. The first-order valence-corrected chi connectivity index (χ1v) is 9.54. The monoisotopic (exact) mass is 365 g/mol. The lowest BCUT2D eigenvalue weighted by molar-refractivity contribution is 0.122. The fourth-order valence-corrected chi connectivity index (χ4v) is 3.26. The Hall–Kier alpha value is -1.30. The summed E-state index contributed by atoms with van der Waals surface area (Å²) in [5.74, 6) is 0.948. The predicted octanol–water partition coefficient (Wildman–Crippen LogP) is 2.37. The molecule has 1 heterocycles. The molecule has 0 radical (unpaired) electrons. The molecule has 5 nitrogen and oxygen atoms in total. The Kier molecular flexibility index (Phi) is 8.00. The van der Waals surface area contributed by atoms with Gasteiger partial charge in [-0.05, 0) is 38.6 Å². The molecule has 2 rings (SSSR count). The molecule has 1 unspecified atom stereocenters.